The lowest BCUT2D eigenvalue weighted by molar-refractivity contribution is -0.147. The topological polar surface area (TPSA) is 201 Å². The minimum absolute atomic E-state index is 0.0313. The van der Waals surface area contributed by atoms with E-state index in [1.807, 2.05) is 0 Å². The molecule has 0 bridgehead atoms. The SMILES string of the molecule is CC1=NC2=CN(CNS(=O)(=O)c3ccc(O)c(O)c3)NN2C(SCC2=C(C(=O)O)N3C(=O)[C@@H](N)[C@H]3SC2)=C1. The number of carbonyl (C=O) groups is 2. The van der Waals surface area contributed by atoms with E-state index in [1.165, 1.54) is 33.4 Å². The second-order valence-electron chi connectivity index (χ2n) is 8.57. The summed E-state index contributed by atoms with van der Waals surface area (Å²) in [5.74, 6) is -1.37. The van der Waals surface area contributed by atoms with Gasteiger partial charge in [0.1, 0.15) is 17.1 Å². The number of hydrazine groups is 2. The molecule has 7 N–H and O–H groups in total. The van der Waals surface area contributed by atoms with Gasteiger partial charge in [0.05, 0.1) is 22.8 Å². The van der Waals surface area contributed by atoms with Crippen LogP contribution in [0.2, 0.25) is 0 Å². The van der Waals surface area contributed by atoms with Gasteiger partial charge >= 0.3 is 5.97 Å². The molecule has 202 valence electrons. The van der Waals surface area contributed by atoms with Crippen molar-refractivity contribution in [1.82, 2.24) is 25.2 Å². The fourth-order valence-corrected chi connectivity index (χ4v) is 7.54. The lowest BCUT2D eigenvalue weighted by Crippen LogP contribution is -2.68. The van der Waals surface area contributed by atoms with E-state index in [0.29, 0.717) is 33.6 Å². The van der Waals surface area contributed by atoms with Crippen molar-refractivity contribution in [3.05, 3.63) is 52.6 Å². The first kappa shape index (κ1) is 26.4. The normalized spacial score (nSPS) is 22.9. The predicted molar refractivity (Wildman–Crippen MR) is 139 cm³/mol. The Morgan fingerprint density at radius 3 is 2.82 bits per heavy atom. The molecule has 0 saturated carbocycles. The quantitative estimate of drug-likeness (QED) is 0.174. The minimum atomic E-state index is -4.01. The second kappa shape index (κ2) is 9.83. The minimum Gasteiger partial charge on any atom is -0.504 e. The van der Waals surface area contributed by atoms with Crippen LogP contribution in [-0.2, 0) is 19.6 Å². The number of carboxylic acid groups (broad SMARTS) is 1. The van der Waals surface area contributed by atoms with Crippen LogP contribution in [0.1, 0.15) is 6.92 Å². The van der Waals surface area contributed by atoms with Crippen LogP contribution in [0.4, 0.5) is 0 Å². The average molecular weight is 582 g/mol. The molecule has 4 aliphatic rings. The van der Waals surface area contributed by atoms with Crippen LogP contribution >= 0.6 is 23.5 Å². The number of aromatic hydroxyl groups is 2. The van der Waals surface area contributed by atoms with Crippen LogP contribution in [0, 0.1) is 0 Å². The molecule has 0 radical (unpaired) electrons. The van der Waals surface area contributed by atoms with E-state index in [2.05, 4.69) is 15.2 Å². The third-order valence-corrected chi connectivity index (χ3v) is 9.77. The first-order chi connectivity index (χ1) is 18.0. The van der Waals surface area contributed by atoms with Gasteiger partial charge < -0.3 is 21.1 Å². The van der Waals surface area contributed by atoms with Crippen molar-refractivity contribution in [2.24, 2.45) is 10.7 Å². The maximum Gasteiger partial charge on any atom is 0.352 e. The highest BCUT2D eigenvalue weighted by atomic mass is 32.2. The average Bonchev–Trinajstić information content (AvgIpc) is 3.29. The number of allylic oxidation sites excluding steroid dienone is 1. The van der Waals surface area contributed by atoms with Gasteiger partial charge in [-0.25, -0.2) is 23.2 Å². The van der Waals surface area contributed by atoms with Crippen LogP contribution in [0.25, 0.3) is 0 Å². The zero-order valence-electron chi connectivity index (χ0n) is 19.7. The maximum absolute atomic E-state index is 12.6. The van der Waals surface area contributed by atoms with E-state index >= 15 is 0 Å². The molecule has 2 atom stereocenters. The number of nitrogens with two attached hydrogens (primary N) is 1. The van der Waals surface area contributed by atoms with Crippen LogP contribution in [0.3, 0.4) is 0 Å². The third kappa shape index (κ3) is 4.72. The van der Waals surface area contributed by atoms with E-state index in [0.717, 1.165) is 18.2 Å². The number of hydrogen-bond donors (Lipinski definition) is 6. The van der Waals surface area contributed by atoms with Crippen molar-refractivity contribution in [2.45, 2.75) is 23.2 Å². The number of nitrogens with one attached hydrogen (secondary N) is 2. The highest BCUT2D eigenvalue weighted by Crippen LogP contribution is 2.41. The summed E-state index contributed by atoms with van der Waals surface area (Å²) in [5.41, 5.74) is 10.1. The molecule has 17 heteroatoms. The molecule has 1 amide bonds. The highest BCUT2D eigenvalue weighted by Gasteiger charge is 2.51. The number of aliphatic imine (C=N–C) groups is 1. The molecule has 4 heterocycles. The number of rotatable bonds is 8. The number of thioether (sulfide) groups is 2. The number of hydrogen-bond acceptors (Lipinski definition) is 13. The molecule has 0 aliphatic carbocycles. The number of carbonyl (C=O) groups excluding carboxylic acids is 1. The fourth-order valence-electron chi connectivity index (χ4n) is 4.05. The van der Waals surface area contributed by atoms with Gasteiger partial charge in [0, 0.05) is 23.3 Å². The number of phenols is 2. The van der Waals surface area contributed by atoms with Crippen LogP contribution < -0.4 is 16.0 Å². The molecular weight excluding hydrogens is 558 g/mol. The maximum atomic E-state index is 12.6. The zero-order chi connectivity index (χ0) is 27.4. The van der Waals surface area contributed by atoms with Gasteiger partial charge in [0.25, 0.3) is 0 Å². The summed E-state index contributed by atoms with van der Waals surface area (Å²) in [6.45, 7) is 1.60. The van der Waals surface area contributed by atoms with Gasteiger partial charge in [-0.1, -0.05) is 0 Å². The second-order valence-corrected chi connectivity index (χ2v) is 12.4. The van der Waals surface area contributed by atoms with Crippen molar-refractivity contribution in [2.75, 3.05) is 18.2 Å². The molecule has 5 rings (SSSR count). The number of carboxylic acids is 1. The van der Waals surface area contributed by atoms with Crippen molar-refractivity contribution in [3.63, 3.8) is 0 Å². The molecule has 0 unspecified atom stereocenters. The van der Waals surface area contributed by atoms with Gasteiger partial charge in [0.15, 0.2) is 17.3 Å². The molecule has 1 fully saturated rings. The van der Waals surface area contributed by atoms with Gasteiger partial charge in [-0.3, -0.25) is 14.7 Å². The van der Waals surface area contributed by atoms with Crippen molar-refractivity contribution >= 4 is 51.1 Å². The number of fused-ring (bicyclic) bond motifs is 2. The number of nitrogens with zero attached hydrogens (tertiary/aromatic N) is 4. The lowest BCUT2D eigenvalue weighted by Gasteiger charge is -2.48. The Labute approximate surface area is 225 Å². The van der Waals surface area contributed by atoms with E-state index in [9.17, 15) is 33.3 Å². The zero-order valence-corrected chi connectivity index (χ0v) is 22.2. The molecule has 38 heavy (non-hydrogen) atoms. The molecule has 1 aromatic carbocycles. The number of aliphatic carboxylic acids is 1. The Hall–Kier alpha value is -3.22. The summed E-state index contributed by atoms with van der Waals surface area (Å²) in [7, 11) is -4.01. The number of β-lactam (4-membered cyclic amide) rings is 1. The summed E-state index contributed by atoms with van der Waals surface area (Å²) in [6, 6.07) is 2.48. The summed E-state index contributed by atoms with van der Waals surface area (Å²) >= 11 is 2.77. The van der Waals surface area contributed by atoms with E-state index in [1.54, 1.807) is 24.2 Å². The van der Waals surface area contributed by atoms with Crippen LogP contribution in [0.5, 0.6) is 11.5 Å². The molecule has 1 aromatic rings. The highest BCUT2D eigenvalue weighted by molar-refractivity contribution is 8.03. The van der Waals surface area contributed by atoms with Crippen LogP contribution in [-0.4, -0.2) is 85.8 Å². The van der Waals surface area contributed by atoms with Crippen molar-refractivity contribution in [3.8, 4) is 11.5 Å². The standard InChI is InChI=1S/C21H23N7O7S3/c1-10-4-16(36-7-11-8-37-20-17(22)19(31)27(20)18(11)21(32)33)28-15(24-10)6-26(25-28)9-23-38(34,35)12-2-3-13(29)14(30)5-12/h2-6,17,20,23,25,29-30H,7-9,22H2,1H3,(H,32,33)/t17-,20-/m1/s1. The van der Waals surface area contributed by atoms with E-state index < -0.39 is 39.4 Å². The molecule has 14 nitrogen and oxygen atoms in total. The Morgan fingerprint density at radius 2 is 2.11 bits per heavy atom. The van der Waals surface area contributed by atoms with E-state index in [-0.39, 0.29) is 22.6 Å². The summed E-state index contributed by atoms with van der Waals surface area (Å²) in [4.78, 5) is 29.6. The number of phenolic OH excluding ortho intramolecular Hbond substituents is 2. The van der Waals surface area contributed by atoms with E-state index in [4.69, 9.17) is 5.73 Å². The largest absolute Gasteiger partial charge is 0.504 e. The summed E-state index contributed by atoms with van der Waals surface area (Å²) in [6.07, 6.45) is 3.39. The van der Waals surface area contributed by atoms with Crippen molar-refractivity contribution in [1.29, 1.82) is 0 Å². The number of benzene rings is 1. The monoisotopic (exact) mass is 581 g/mol. The van der Waals surface area contributed by atoms with Gasteiger partial charge in [-0.15, -0.1) is 29.1 Å². The van der Waals surface area contributed by atoms with Crippen LogP contribution in [0.15, 0.2) is 62.5 Å². The number of amides is 1. The molecule has 1 saturated heterocycles. The van der Waals surface area contributed by atoms with Gasteiger partial charge in [0.2, 0.25) is 15.9 Å². The summed E-state index contributed by atoms with van der Waals surface area (Å²) in [5, 5.41) is 32.2. The predicted octanol–water partition coefficient (Wildman–Crippen LogP) is -0.200. The lowest BCUT2D eigenvalue weighted by atomic mass is 10.0. The Balaban J connectivity index is 1.26. The Bertz CT molecular complexity index is 1460. The Kier molecular flexibility index (Phi) is 6.82. The fraction of sp³-hybridized carbons (Fsp3) is 0.286. The van der Waals surface area contributed by atoms with Gasteiger partial charge in [-0.2, -0.15) is 4.72 Å². The first-order valence-corrected chi connectivity index (χ1v) is 14.6. The molecular formula is C21H23N7O7S3. The molecule has 4 aliphatic heterocycles. The Morgan fingerprint density at radius 1 is 1.34 bits per heavy atom. The van der Waals surface area contributed by atoms with Crippen molar-refractivity contribution < 1.29 is 33.3 Å². The number of sulfonamides is 1. The molecule has 0 aromatic heterocycles. The van der Waals surface area contributed by atoms with Gasteiger partial charge in [-0.05, 0) is 30.7 Å². The first-order valence-electron chi connectivity index (χ1n) is 11.1. The summed E-state index contributed by atoms with van der Waals surface area (Å²) < 4.78 is 27.6. The smallest absolute Gasteiger partial charge is 0.352 e. The third-order valence-electron chi connectivity index (χ3n) is 5.94. The molecule has 0 spiro atoms.